The highest BCUT2D eigenvalue weighted by atomic mass is 35.5. The molecule has 2 rings (SSSR count). The van der Waals surface area contributed by atoms with E-state index < -0.39 is 10.2 Å². The molecule has 0 aromatic carbocycles. The third kappa shape index (κ3) is 3.52. The maximum atomic E-state index is 12.5. The van der Waals surface area contributed by atoms with E-state index in [1.807, 2.05) is 13.2 Å². The van der Waals surface area contributed by atoms with Gasteiger partial charge < -0.3 is 0 Å². The van der Waals surface area contributed by atoms with Crippen LogP contribution in [0.4, 0.5) is 0 Å². The molecule has 2 heterocycles. The first kappa shape index (κ1) is 15.8. The van der Waals surface area contributed by atoms with Crippen LogP contribution >= 0.6 is 11.6 Å². The van der Waals surface area contributed by atoms with Crippen molar-refractivity contribution < 1.29 is 8.42 Å². The normalized spacial score (nSPS) is 21.5. The summed E-state index contributed by atoms with van der Waals surface area (Å²) in [7, 11) is -0.00599. The highest BCUT2D eigenvalue weighted by molar-refractivity contribution is 7.86. The Bertz CT molecular complexity index is 545. The fourth-order valence-corrected chi connectivity index (χ4v) is 4.17. The minimum Gasteiger partial charge on any atom is -0.275 e. The number of aromatic nitrogens is 2. The van der Waals surface area contributed by atoms with Crippen molar-refractivity contribution in [2.45, 2.75) is 19.4 Å². The average Bonchev–Trinajstić information content (AvgIpc) is 2.84. The Morgan fingerprint density at radius 2 is 2.30 bits per heavy atom. The lowest BCUT2D eigenvalue weighted by atomic mass is 10.0. The van der Waals surface area contributed by atoms with Crippen molar-refractivity contribution in [3.05, 3.63) is 18.0 Å². The van der Waals surface area contributed by atoms with Gasteiger partial charge in [-0.15, -0.1) is 11.6 Å². The van der Waals surface area contributed by atoms with Crippen LogP contribution in [0.25, 0.3) is 0 Å². The summed E-state index contributed by atoms with van der Waals surface area (Å²) in [5.41, 5.74) is 0.879. The van der Waals surface area contributed by atoms with Gasteiger partial charge >= 0.3 is 0 Å². The second-order valence-electron chi connectivity index (χ2n) is 5.31. The van der Waals surface area contributed by atoms with E-state index in [0.29, 0.717) is 25.5 Å². The molecule has 20 heavy (non-hydrogen) atoms. The van der Waals surface area contributed by atoms with Crippen LogP contribution < -0.4 is 0 Å². The van der Waals surface area contributed by atoms with E-state index in [0.717, 1.165) is 18.4 Å². The topological polar surface area (TPSA) is 58.4 Å². The SMILES string of the molecule is CN(Cc1cnn(C)c1)S(=O)(=O)N1CCCC(CCl)C1. The average molecular weight is 321 g/mol. The highest BCUT2D eigenvalue weighted by Gasteiger charge is 2.31. The van der Waals surface area contributed by atoms with Gasteiger partial charge in [-0.2, -0.15) is 22.1 Å². The smallest absolute Gasteiger partial charge is 0.275 e. The number of hydrogen-bond donors (Lipinski definition) is 0. The van der Waals surface area contributed by atoms with Crippen molar-refractivity contribution in [1.29, 1.82) is 0 Å². The molecule has 0 aliphatic carbocycles. The molecule has 0 saturated carbocycles. The molecular weight excluding hydrogens is 300 g/mol. The summed E-state index contributed by atoms with van der Waals surface area (Å²) in [6, 6.07) is 0. The summed E-state index contributed by atoms with van der Waals surface area (Å²) in [4.78, 5) is 0. The van der Waals surface area contributed by atoms with Crippen LogP contribution in [0, 0.1) is 5.92 Å². The molecule has 0 N–H and O–H groups in total. The predicted molar refractivity (Wildman–Crippen MR) is 78.6 cm³/mol. The predicted octanol–water partition coefficient (Wildman–Crippen LogP) is 1.05. The van der Waals surface area contributed by atoms with Gasteiger partial charge in [-0.05, 0) is 18.8 Å². The van der Waals surface area contributed by atoms with Gasteiger partial charge in [0, 0.05) is 51.4 Å². The van der Waals surface area contributed by atoms with Crippen molar-refractivity contribution in [2.24, 2.45) is 13.0 Å². The first-order chi connectivity index (χ1) is 9.43. The molecule has 114 valence electrons. The Labute approximate surface area is 125 Å². The maximum absolute atomic E-state index is 12.5. The zero-order chi connectivity index (χ0) is 14.8. The number of nitrogens with zero attached hydrogens (tertiary/aromatic N) is 4. The molecule has 0 bridgehead atoms. The molecule has 1 aromatic heterocycles. The molecule has 1 aliphatic rings. The maximum Gasteiger partial charge on any atom is 0.282 e. The zero-order valence-electron chi connectivity index (χ0n) is 11.9. The number of hydrogen-bond acceptors (Lipinski definition) is 3. The van der Waals surface area contributed by atoms with E-state index in [4.69, 9.17) is 11.6 Å². The van der Waals surface area contributed by atoms with Crippen LogP contribution in [0.3, 0.4) is 0 Å². The van der Waals surface area contributed by atoms with Gasteiger partial charge in [0.25, 0.3) is 10.2 Å². The lowest BCUT2D eigenvalue weighted by molar-refractivity contribution is 0.265. The molecule has 8 heteroatoms. The fourth-order valence-electron chi connectivity index (χ4n) is 2.45. The number of halogens is 1. The molecule has 1 atom stereocenters. The minimum absolute atomic E-state index is 0.256. The zero-order valence-corrected chi connectivity index (χ0v) is 13.4. The lowest BCUT2D eigenvalue weighted by Crippen LogP contribution is -2.46. The van der Waals surface area contributed by atoms with Gasteiger partial charge in [0.15, 0.2) is 0 Å². The van der Waals surface area contributed by atoms with E-state index in [-0.39, 0.29) is 5.92 Å². The molecule has 1 aromatic rings. The summed E-state index contributed by atoms with van der Waals surface area (Å²) in [5, 5.41) is 4.05. The summed E-state index contributed by atoms with van der Waals surface area (Å²) < 4.78 is 29.7. The van der Waals surface area contributed by atoms with Gasteiger partial charge in [0.2, 0.25) is 0 Å². The molecule has 1 saturated heterocycles. The first-order valence-electron chi connectivity index (χ1n) is 6.68. The summed E-state index contributed by atoms with van der Waals surface area (Å²) in [5.74, 6) is 0.769. The van der Waals surface area contributed by atoms with Crippen LogP contribution in [0.5, 0.6) is 0 Å². The van der Waals surface area contributed by atoms with E-state index in [2.05, 4.69) is 5.10 Å². The second-order valence-corrected chi connectivity index (χ2v) is 7.65. The monoisotopic (exact) mass is 320 g/mol. The summed E-state index contributed by atoms with van der Waals surface area (Å²) >= 11 is 5.86. The van der Waals surface area contributed by atoms with Crippen molar-refractivity contribution in [3.8, 4) is 0 Å². The van der Waals surface area contributed by atoms with Crippen molar-refractivity contribution in [3.63, 3.8) is 0 Å². The fraction of sp³-hybridized carbons (Fsp3) is 0.750. The number of alkyl halides is 1. The van der Waals surface area contributed by atoms with Crippen molar-refractivity contribution in [2.75, 3.05) is 26.0 Å². The molecule has 0 amide bonds. The van der Waals surface area contributed by atoms with Crippen LogP contribution in [0.15, 0.2) is 12.4 Å². The number of piperidine rings is 1. The van der Waals surface area contributed by atoms with Crippen molar-refractivity contribution >= 4 is 21.8 Å². The first-order valence-corrected chi connectivity index (χ1v) is 8.61. The Morgan fingerprint density at radius 3 is 2.90 bits per heavy atom. The van der Waals surface area contributed by atoms with Crippen LogP contribution in [0.2, 0.25) is 0 Å². The molecule has 1 aliphatic heterocycles. The molecule has 0 radical (unpaired) electrons. The number of aryl methyl sites for hydroxylation is 1. The Balaban J connectivity index is 2.05. The van der Waals surface area contributed by atoms with Crippen LogP contribution in [-0.4, -0.2) is 52.8 Å². The summed E-state index contributed by atoms with van der Waals surface area (Å²) in [6.07, 6.45) is 5.38. The van der Waals surface area contributed by atoms with Crippen molar-refractivity contribution in [1.82, 2.24) is 18.4 Å². The molecule has 0 spiro atoms. The lowest BCUT2D eigenvalue weighted by Gasteiger charge is -2.33. The molecule has 6 nitrogen and oxygen atoms in total. The Hall–Kier alpha value is -0.630. The van der Waals surface area contributed by atoms with E-state index in [1.165, 1.54) is 4.31 Å². The van der Waals surface area contributed by atoms with Gasteiger partial charge in [-0.1, -0.05) is 0 Å². The highest BCUT2D eigenvalue weighted by Crippen LogP contribution is 2.22. The van der Waals surface area contributed by atoms with E-state index >= 15 is 0 Å². The van der Waals surface area contributed by atoms with Gasteiger partial charge in [-0.25, -0.2) is 0 Å². The third-order valence-corrected chi connectivity index (χ3v) is 5.92. The second kappa shape index (κ2) is 6.43. The van der Waals surface area contributed by atoms with E-state index in [9.17, 15) is 8.42 Å². The van der Waals surface area contributed by atoms with E-state index in [1.54, 1.807) is 22.2 Å². The van der Waals surface area contributed by atoms with Crippen LogP contribution in [-0.2, 0) is 23.8 Å². The Morgan fingerprint density at radius 1 is 1.55 bits per heavy atom. The largest absolute Gasteiger partial charge is 0.282 e. The molecular formula is C12H21ClN4O2S. The number of rotatable bonds is 5. The summed E-state index contributed by atoms with van der Waals surface area (Å²) in [6.45, 7) is 1.43. The standard InChI is InChI=1S/C12H21ClN4O2S/c1-15-8-12(7-14-15)9-16(2)20(18,19)17-5-3-4-11(6-13)10-17/h7-8,11H,3-6,9-10H2,1-2H3. The minimum atomic E-state index is -3.42. The quantitative estimate of drug-likeness (QED) is 0.762. The van der Waals surface area contributed by atoms with Crippen LogP contribution in [0.1, 0.15) is 18.4 Å². The third-order valence-electron chi connectivity index (χ3n) is 3.58. The molecule has 1 unspecified atom stereocenters. The van der Waals surface area contributed by atoms with Gasteiger partial charge in [0.05, 0.1) is 6.20 Å². The Kier molecular flexibility index (Phi) is 5.06. The molecule has 1 fully saturated rings. The van der Waals surface area contributed by atoms with Gasteiger partial charge in [-0.3, -0.25) is 4.68 Å². The van der Waals surface area contributed by atoms with Gasteiger partial charge in [0.1, 0.15) is 0 Å².